The van der Waals surface area contributed by atoms with Crippen molar-refractivity contribution >= 4 is 14.4 Å². The number of rotatable bonds is 2. The van der Waals surface area contributed by atoms with Gasteiger partial charge in [-0.1, -0.05) is 19.6 Å². The summed E-state index contributed by atoms with van der Waals surface area (Å²) in [5.41, 5.74) is 0.0873. The Bertz CT molecular complexity index is 371. The fraction of sp³-hybridized carbons (Fsp3) is 0.400. The number of nitriles is 1. The quantitative estimate of drug-likeness (QED) is 0.518. The van der Waals surface area contributed by atoms with Gasteiger partial charge in [0.15, 0.2) is 6.29 Å². The van der Waals surface area contributed by atoms with Gasteiger partial charge in [0, 0.05) is 11.1 Å². The summed E-state index contributed by atoms with van der Waals surface area (Å²) in [6.45, 7) is 6.14. The van der Waals surface area contributed by atoms with E-state index >= 15 is 0 Å². The Hall–Kier alpha value is -1.21. The van der Waals surface area contributed by atoms with Crippen LogP contribution in [0.15, 0.2) is 23.0 Å². The molecule has 0 amide bonds. The lowest BCUT2D eigenvalue weighted by molar-refractivity contribution is -0.104. The maximum atomic E-state index is 13.2. The second-order valence-electron chi connectivity index (χ2n) is 4.42. The summed E-state index contributed by atoms with van der Waals surface area (Å²) < 4.78 is 13.2. The van der Waals surface area contributed by atoms with Crippen LogP contribution in [-0.4, -0.2) is 14.4 Å². The van der Waals surface area contributed by atoms with Gasteiger partial charge < -0.3 is 0 Å². The van der Waals surface area contributed by atoms with Gasteiger partial charge in [-0.2, -0.15) is 5.26 Å². The van der Waals surface area contributed by atoms with Crippen LogP contribution in [-0.2, 0) is 4.79 Å². The molecule has 1 unspecified atom stereocenters. The second-order valence-corrected chi connectivity index (χ2v) is 9.77. The molecule has 0 aromatic carbocycles. The first-order valence-corrected chi connectivity index (χ1v) is 7.96. The summed E-state index contributed by atoms with van der Waals surface area (Å²) in [6, 6.07) is 1.94. The minimum Gasteiger partial charge on any atom is -0.298 e. The first-order valence-electron chi connectivity index (χ1n) is 4.39. The van der Waals surface area contributed by atoms with E-state index in [1.165, 1.54) is 6.08 Å². The summed E-state index contributed by atoms with van der Waals surface area (Å²) in [6.07, 6.45) is 1.85. The van der Waals surface area contributed by atoms with Crippen LogP contribution in [0.4, 0.5) is 4.39 Å². The van der Waals surface area contributed by atoms with Crippen LogP contribution in [0.1, 0.15) is 0 Å². The van der Waals surface area contributed by atoms with Gasteiger partial charge in [-0.3, -0.25) is 4.79 Å². The Kier molecular flexibility index (Phi) is 2.72. The van der Waals surface area contributed by atoms with Crippen molar-refractivity contribution in [3.05, 3.63) is 23.0 Å². The van der Waals surface area contributed by atoms with Crippen molar-refractivity contribution in [3.63, 3.8) is 0 Å². The molecule has 0 spiro atoms. The molecule has 2 nitrogen and oxygen atoms in total. The minimum absolute atomic E-state index is 0.0556. The van der Waals surface area contributed by atoms with Gasteiger partial charge in [0.1, 0.15) is 5.83 Å². The Morgan fingerprint density at radius 1 is 1.57 bits per heavy atom. The standard InChI is InChI=1S/C10H12FNOSi/c1-14(2,3)10-4-9(11)8(6-13)7(10)5-12/h4,6,10H,1-3H3. The van der Waals surface area contributed by atoms with Crippen molar-refractivity contribution in [3.8, 4) is 6.07 Å². The summed E-state index contributed by atoms with van der Waals surface area (Å²) in [4.78, 5) is 10.6. The lowest BCUT2D eigenvalue weighted by Crippen LogP contribution is -2.27. The Morgan fingerprint density at radius 2 is 2.14 bits per heavy atom. The van der Waals surface area contributed by atoms with Gasteiger partial charge in [-0.05, 0) is 6.08 Å². The van der Waals surface area contributed by atoms with E-state index < -0.39 is 13.9 Å². The van der Waals surface area contributed by atoms with Crippen molar-refractivity contribution in [2.75, 3.05) is 0 Å². The van der Waals surface area contributed by atoms with E-state index in [9.17, 15) is 9.18 Å². The molecule has 0 bridgehead atoms. The first kappa shape index (κ1) is 10.9. The summed E-state index contributed by atoms with van der Waals surface area (Å²) >= 11 is 0. The van der Waals surface area contributed by atoms with Crippen molar-refractivity contribution in [1.82, 2.24) is 0 Å². The minimum atomic E-state index is -1.66. The molecule has 4 heteroatoms. The predicted molar refractivity (Wildman–Crippen MR) is 55.0 cm³/mol. The number of hydrogen-bond acceptors (Lipinski definition) is 2. The van der Waals surface area contributed by atoms with Gasteiger partial charge in [0.05, 0.1) is 19.7 Å². The second kappa shape index (κ2) is 3.50. The third-order valence-electron chi connectivity index (χ3n) is 2.34. The number of hydrogen-bond donors (Lipinski definition) is 0. The van der Waals surface area contributed by atoms with E-state index in [0.717, 1.165) is 0 Å². The van der Waals surface area contributed by atoms with E-state index in [-0.39, 0.29) is 11.1 Å². The number of halogens is 1. The molecule has 0 saturated carbocycles. The molecule has 1 rings (SSSR count). The lowest BCUT2D eigenvalue weighted by Gasteiger charge is -2.22. The molecular weight excluding hydrogens is 197 g/mol. The maximum Gasteiger partial charge on any atom is 0.154 e. The third-order valence-corrected chi connectivity index (χ3v) is 4.66. The highest BCUT2D eigenvalue weighted by Crippen LogP contribution is 2.40. The lowest BCUT2D eigenvalue weighted by atomic mass is 10.2. The van der Waals surface area contributed by atoms with Gasteiger partial charge in [0.2, 0.25) is 0 Å². The van der Waals surface area contributed by atoms with E-state index in [1.807, 2.05) is 25.7 Å². The largest absolute Gasteiger partial charge is 0.298 e. The normalized spacial score (nSPS) is 21.9. The zero-order chi connectivity index (χ0) is 10.9. The summed E-state index contributed by atoms with van der Waals surface area (Å²) in [5, 5.41) is 8.87. The Morgan fingerprint density at radius 3 is 2.50 bits per heavy atom. The van der Waals surface area contributed by atoms with E-state index in [0.29, 0.717) is 11.9 Å². The summed E-state index contributed by atoms with van der Waals surface area (Å²) in [7, 11) is -1.66. The van der Waals surface area contributed by atoms with Crippen molar-refractivity contribution in [1.29, 1.82) is 5.26 Å². The van der Waals surface area contributed by atoms with E-state index in [1.54, 1.807) is 0 Å². The molecule has 0 heterocycles. The SMILES string of the molecule is C[Si](C)(C)C1C=C(F)C(C=O)=C1C#N. The zero-order valence-corrected chi connectivity index (χ0v) is 9.47. The molecule has 1 aliphatic carbocycles. The average Bonchev–Trinajstić information content (AvgIpc) is 2.40. The molecule has 0 aromatic rings. The molecule has 0 aliphatic heterocycles. The average molecular weight is 209 g/mol. The smallest absolute Gasteiger partial charge is 0.154 e. The fourth-order valence-corrected chi connectivity index (χ4v) is 3.28. The van der Waals surface area contributed by atoms with Gasteiger partial charge in [0.25, 0.3) is 0 Å². The Labute approximate surface area is 83.7 Å². The Balaban J connectivity index is 3.24. The number of carbonyl (C=O) groups is 1. The molecule has 0 radical (unpaired) electrons. The third kappa shape index (κ3) is 1.68. The van der Waals surface area contributed by atoms with E-state index in [2.05, 4.69) is 0 Å². The van der Waals surface area contributed by atoms with Gasteiger partial charge in [-0.15, -0.1) is 0 Å². The van der Waals surface area contributed by atoms with Crippen LogP contribution in [0.3, 0.4) is 0 Å². The molecule has 1 aliphatic rings. The highest BCUT2D eigenvalue weighted by molar-refractivity contribution is 6.79. The van der Waals surface area contributed by atoms with Crippen LogP contribution in [0.5, 0.6) is 0 Å². The van der Waals surface area contributed by atoms with Gasteiger partial charge in [-0.25, -0.2) is 4.39 Å². The molecule has 14 heavy (non-hydrogen) atoms. The molecule has 0 aromatic heterocycles. The number of allylic oxidation sites excluding steroid dienone is 4. The number of aldehydes is 1. The monoisotopic (exact) mass is 209 g/mol. The van der Waals surface area contributed by atoms with Crippen molar-refractivity contribution in [2.24, 2.45) is 0 Å². The topological polar surface area (TPSA) is 40.9 Å². The first-order chi connectivity index (χ1) is 6.41. The van der Waals surface area contributed by atoms with Crippen LogP contribution in [0.25, 0.3) is 0 Å². The van der Waals surface area contributed by atoms with Crippen LogP contribution < -0.4 is 0 Å². The fourth-order valence-electron chi connectivity index (χ4n) is 1.55. The van der Waals surface area contributed by atoms with Crippen LogP contribution in [0.2, 0.25) is 25.2 Å². The van der Waals surface area contributed by atoms with Crippen molar-refractivity contribution in [2.45, 2.75) is 25.2 Å². The molecule has 0 fully saturated rings. The molecule has 74 valence electrons. The van der Waals surface area contributed by atoms with Crippen LogP contribution >= 0.6 is 0 Å². The van der Waals surface area contributed by atoms with E-state index in [4.69, 9.17) is 5.26 Å². The highest BCUT2D eigenvalue weighted by Gasteiger charge is 2.35. The molecule has 0 saturated heterocycles. The number of nitrogens with zero attached hydrogens (tertiary/aromatic N) is 1. The van der Waals surface area contributed by atoms with Gasteiger partial charge >= 0.3 is 0 Å². The number of carbonyl (C=O) groups excluding carboxylic acids is 1. The predicted octanol–water partition coefficient (Wildman–Crippen LogP) is 2.58. The zero-order valence-electron chi connectivity index (χ0n) is 8.47. The highest BCUT2D eigenvalue weighted by atomic mass is 28.3. The maximum absolute atomic E-state index is 13.2. The molecule has 1 atom stereocenters. The summed E-state index contributed by atoms with van der Waals surface area (Å²) in [5.74, 6) is -0.538. The van der Waals surface area contributed by atoms with Crippen molar-refractivity contribution < 1.29 is 9.18 Å². The molecular formula is C10H12FNOSi. The molecule has 0 N–H and O–H groups in total. The van der Waals surface area contributed by atoms with Crippen LogP contribution in [0, 0.1) is 11.3 Å².